The van der Waals surface area contributed by atoms with Crippen LogP contribution in [0.5, 0.6) is 17.2 Å². The van der Waals surface area contributed by atoms with Crippen molar-refractivity contribution < 1.29 is 47.7 Å². The second-order valence-electron chi connectivity index (χ2n) is 21.8. The van der Waals surface area contributed by atoms with Crippen LogP contribution in [0.15, 0.2) is 164 Å². The predicted octanol–water partition coefficient (Wildman–Crippen LogP) is 19.6. The van der Waals surface area contributed by atoms with Crippen molar-refractivity contribution in [2.45, 2.75) is 128 Å². The molecule has 6 heteroatoms. The largest absolute Gasteiger partial charge is 0.661 e. The molecule has 7 aromatic carbocycles. The summed E-state index contributed by atoms with van der Waals surface area (Å²) in [5.41, 5.74) is 18.2. The molecule has 1 radical (unpaired) electrons. The molecule has 431 valence electrons. The topological polar surface area (TPSA) is 58.9 Å². The number of hydrogen-bond donors (Lipinski definition) is 0. The summed E-state index contributed by atoms with van der Waals surface area (Å²) in [7, 11) is 0. The van der Waals surface area contributed by atoms with E-state index in [4.69, 9.17) is 20.6 Å². The Balaban J connectivity index is 0.00000330. The van der Waals surface area contributed by atoms with E-state index >= 15 is 0 Å². The van der Waals surface area contributed by atoms with E-state index in [2.05, 4.69) is 172 Å². The number of ketones is 1. The second kappa shape index (κ2) is 28.3. The van der Waals surface area contributed by atoms with Crippen molar-refractivity contribution in [2.24, 2.45) is 0 Å². The van der Waals surface area contributed by atoms with Gasteiger partial charge in [-0.05, 0) is 166 Å². The molecule has 0 saturated heterocycles. The summed E-state index contributed by atoms with van der Waals surface area (Å²) >= 11 is 0. The van der Waals surface area contributed by atoms with Crippen LogP contribution in [0.4, 0.5) is 0 Å². The average molecular weight is 1270 g/mol. The Morgan fingerprint density at radius 1 is 0.524 bits per heavy atom. The summed E-state index contributed by atoms with van der Waals surface area (Å²) in [6, 6.07) is 56.3. The summed E-state index contributed by atoms with van der Waals surface area (Å²) in [4.78, 5) is 16.9. The summed E-state index contributed by atoms with van der Waals surface area (Å²) in [6.07, 6.45) is 27.4. The molecule has 0 fully saturated rings. The van der Waals surface area contributed by atoms with Crippen molar-refractivity contribution in [3.05, 3.63) is 227 Å². The van der Waals surface area contributed by atoms with Crippen LogP contribution < -0.4 is 19.2 Å². The van der Waals surface area contributed by atoms with Gasteiger partial charge in [0.2, 0.25) is 0 Å². The molecule has 8 aromatic rings. The summed E-state index contributed by atoms with van der Waals surface area (Å²) in [5.74, 6) is 12.0. The zero-order chi connectivity index (χ0) is 55.3. The summed E-state index contributed by atoms with van der Waals surface area (Å²) in [5, 5.41) is 0. The van der Waals surface area contributed by atoms with E-state index in [-0.39, 0.29) is 47.3 Å². The fraction of sp³-hybridized carbons (Fsp3) is 0.289. The normalized spacial score (nSPS) is 13.7. The monoisotopic (exact) mass is 1270 g/mol. The number of nitrogens with zero attached hydrogens (tertiary/aromatic N) is 1. The van der Waals surface area contributed by atoms with Crippen molar-refractivity contribution in [1.82, 2.24) is 4.98 Å². The molecule has 1 unspecified atom stereocenters. The maximum Gasteiger partial charge on any atom is 0.171 e. The maximum atomic E-state index is 12.8. The van der Waals surface area contributed by atoms with Crippen LogP contribution in [0.2, 0.25) is 0 Å². The Morgan fingerprint density at radius 2 is 0.988 bits per heavy atom. The maximum absolute atomic E-state index is 12.8. The Labute approximate surface area is 511 Å². The third-order valence-corrected chi connectivity index (χ3v) is 16.6. The Hall–Kier alpha value is -7.78. The van der Waals surface area contributed by atoms with Gasteiger partial charge in [-0.15, -0.1) is 6.42 Å². The average Bonchev–Trinajstić information content (AvgIpc) is 1.53. The van der Waals surface area contributed by atoms with Gasteiger partial charge in [-0.25, -0.2) is 0 Å². The molecule has 1 aromatic heterocycles. The van der Waals surface area contributed by atoms with Crippen LogP contribution in [-0.4, -0.2) is 19.0 Å². The molecule has 2 aliphatic rings. The van der Waals surface area contributed by atoms with Crippen LogP contribution in [0.25, 0.3) is 33.4 Å². The van der Waals surface area contributed by atoms with Gasteiger partial charge in [0.25, 0.3) is 0 Å². The van der Waals surface area contributed by atoms with Gasteiger partial charge in [0.15, 0.2) is 5.78 Å². The minimum Gasteiger partial charge on any atom is -0.661 e. The first-order chi connectivity index (χ1) is 39.3. The molecule has 0 saturated carbocycles. The number of fused-ring (bicyclic) bond motifs is 6. The van der Waals surface area contributed by atoms with Gasteiger partial charge in [-0.3, -0.25) is 4.79 Å². The minimum atomic E-state index is -0.715. The standard InChI is InChI=1S/C75H73NO4.CH3.Ir.6H2/c1-6-9-12-15-17-19-44-74(45-20-18-16-13-10-7-2)68-50-54(4)24-40-64(68)65-42-28-57(52-69(65)74)58-29-43-67-66-41-25-55(5)51-70(66)75(71(67)53-58,59-30-36-62(37-31-59)78-47-21-14-11-8-3)60-32-38-63(39-33-60)80-49-48-79-61-34-26-56(27-35-61)73(77)72-23-22-46-76-72;;;;;;;;/h3,22-43,46,50-53H,6-7,9-10,12-13,15-20,44-45,48-49H2,1-2,4-5H3,(H,76,77);1H3;;6*1H/q;-1;;;;;;;/p-1. The number of aromatic nitrogens is 1. The zero-order valence-electron chi connectivity index (χ0n) is 48.4. The van der Waals surface area contributed by atoms with Crippen LogP contribution in [0, 0.1) is 57.5 Å². The third-order valence-electron chi connectivity index (χ3n) is 16.6. The van der Waals surface area contributed by atoms with Crippen LogP contribution >= 0.6 is 0 Å². The quantitative estimate of drug-likeness (QED) is 0.0247. The van der Waals surface area contributed by atoms with Gasteiger partial charge in [0.1, 0.15) is 36.6 Å². The first-order valence-electron chi connectivity index (χ1n) is 29.1. The number of terminal acetylenes is 1. The van der Waals surface area contributed by atoms with Crippen molar-refractivity contribution in [3.8, 4) is 86.8 Å². The van der Waals surface area contributed by atoms with Crippen LogP contribution in [0.3, 0.4) is 0 Å². The van der Waals surface area contributed by atoms with Crippen molar-refractivity contribution >= 4 is 5.78 Å². The third kappa shape index (κ3) is 12.8. The molecule has 1 heterocycles. The molecule has 2 aliphatic carbocycles. The van der Waals surface area contributed by atoms with Crippen molar-refractivity contribution in [3.63, 3.8) is 0 Å². The number of hydrogen-bond acceptors (Lipinski definition) is 4. The van der Waals surface area contributed by atoms with E-state index in [1.54, 1.807) is 30.5 Å². The fourth-order valence-electron chi connectivity index (χ4n) is 12.6. The second-order valence-corrected chi connectivity index (χ2v) is 21.8. The Kier molecular flexibility index (Phi) is 20.8. The summed E-state index contributed by atoms with van der Waals surface area (Å²) < 4.78 is 18.3. The van der Waals surface area contributed by atoms with E-state index in [0.717, 1.165) is 16.9 Å². The Bertz CT molecular complexity index is 3630. The molecule has 0 amide bonds. The Morgan fingerprint density at radius 3 is 1.52 bits per heavy atom. The van der Waals surface area contributed by atoms with Crippen molar-refractivity contribution in [1.29, 1.82) is 0 Å². The van der Waals surface area contributed by atoms with Crippen LogP contribution in [-0.2, 0) is 30.9 Å². The molecular formula is C76H87IrNO4-2. The molecular weight excluding hydrogens is 1180 g/mol. The van der Waals surface area contributed by atoms with Crippen molar-refractivity contribution in [2.75, 3.05) is 13.2 Å². The molecule has 1 atom stereocenters. The van der Waals surface area contributed by atoms with Gasteiger partial charge in [0.05, 0.1) is 5.41 Å². The van der Waals surface area contributed by atoms with Gasteiger partial charge in [0, 0.05) is 51.5 Å². The van der Waals surface area contributed by atoms with Gasteiger partial charge in [-0.1, -0.05) is 205 Å². The smallest absolute Gasteiger partial charge is 0.171 e. The van der Waals surface area contributed by atoms with E-state index in [1.807, 2.05) is 24.3 Å². The number of rotatable bonds is 25. The van der Waals surface area contributed by atoms with Gasteiger partial charge >= 0.3 is 0 Å². The summed E-state index contributed by atoms with van der Waals surface area (Å²) in [6.45, 7) is 9.73. The molecule has 0 spiro atoms. The van der Waals surface area contributed by atoms with Gasteiger partial charge in [-0.2, -0.15) is 6.20 Å². The first-order valence-corrected chi connectivity index (χ1v) is 29.1. The number of unbranched alkanes of at least 4 members (excludes halogenated alkanes) is 10. The van der Waals surface area contributed by atoms with Crippen LogP contribution in [0.1, 0.15) is 173 Å². The van der Waals surface area contributed by atoms with E-state index in [0.29, 0.717) is 36.0 Å². The van der Waals surface area contributed by atoms with E-state index in [1.165, 1.54) is 157 Å². The molecule has 82 heavy (non-hydrogen) atoms. The molecule has 0 bridgehead atoms. The predicted molar refractivity (Wildman–Crippen MR) is 346 cm³/mol. The van der Waals surface area contributed by atoms with Gasteiger partial charge < -0.3 is 26.6 Å². The molecule has 10 rings (SSSR count). The minimum absolute atomic E-state index is 0. The van der Waals surface area contributed by atoms with E-state index in [9.17, 15) is 4.79 Å². The number of carbonyl (C=O) groups is 1. The SMILES string of the molecule is C#CC#CC#COc1ccc(C2(c3ccc(OCCOc4ccc(C(=O)c5ccc[n-]5)cc4)cc3)c3cc(C)ccc3-c3ccc(-c4ccc5c(c4)C(CCCCCCCC)(CCCCCCCC)c4cc(C)ccc4-5)cc32)cc1.[CH3-].[HH].[HH].[HH].[HH].[HH].[HH].[Ir]. The first kappa shape index (κ1) is 60.3. The van der Waals surface area contributed by atoms with E-state index < -0.39 is 5.41 Å². The number of aryl methyl sites for hydroxylation is 2. The zero-order valence-corrected chi connectivity index (χ0v) is 50.8. The molecule has 0 N–H and O–H groups in total. The fourth-order valence-corrected chi connectivity index (χ4v) is 12.6. The number of benzene rings is 7. The molecule has 5 nitrogen and oxygen atoms in total. The number of carbonyl (C=O) groups excluding carboxylic acids is 1. The molecule has 0 aliphatic heterocycles. The number of ether oxygens (including phenoxy) is 3.